The Balaban J connectivity index is 2.67. The highest BCUT2D eigenvalue weighted by Gasteiger charge is 1.80. The molecule has 0 bridgehead atoms. The van der Waals surface area contributed by atoms with Gasteiger partial charge >= 0.3 is 0 Å². The van der Waals surface area contributed by atoms with Crippen molar-refractivity contribution in [1.82, 2.24) is 0 Å². The fraction of sp³-hybridized carbons (Fsp3) is 0. The molecule has 2 heteroatoms. The normalized spacial score (nSPS) is 10.5. The van der Waals surface area contributed by atoms with Gasteiger partial charge in [-0.3, -0.25) is 0 Å². The van der Waals surface area contributed by atoms with Gasteiger partial charge in [0.05, 0.1) is 12.1 Å². The van der Waals surface area contributed by atoms with Gasteiger partial charge in [-0.2, -0.15) is 3.89 Å². The lowest BCUT2D eigenvalue weighted by atomic mass is 10.2. The van der Waals surface area contributed by atoms with Crippen molar-refractivity contribution in [3.8, 4) is 0 Å². The second-order valence-corrected chi connectivity index (χ2v) is 2.25. The highest BCUT2D eigenvalue weighted by molar-refractivity contribution is 7.97. The lowest BCUT2D eigenvalue weighted by Gasteiger charge is -1.87. The van der Waals surface area contributed by atoms with Crippen LogP contribution in [0.1, 0.15) is 5.56 Å². The Labute approximate surface area is 64.1 Å². The lowest BCUT2D eigenvalue weighted by Crippen LogP contribution is -1.65. The van der Waals surface area contributed by atoms with E-state index in [1.54, 1.807) is 6.08 Å². The molecule has 0 atom stereocenters. The van der Waals surface area contributed by atoms with Crippen molar-refractivity contribution in [3.63, 3.8) is 0 Å². The summed E-state index contributed by atoms with van der Waals surface area (Å²) in [4.78, 5) is 0. The Bertz CT molecular complexity index is 206. The maximum absolute atomic E-state index is 11.5. The summed E-state index contributed by atoms with van der Waals surface area (Å²) in [5.41, 5.74) is 1.02. The monoisotopic (exact) mass is 154 g/mol. The maximum Gasteiger partial charge on any atom is 0.0732 e. The van der Waals surface area contributed by atoms with E-state index in [1.165, 1.54) is 5.41 Å². The van der Waals surface area contributed by atoms with E-state index in [1.807, 2.05) is 30.3 Å². The molecule has 0 nitrogen and oxygen atoms in total. The predicted molar refractivity (Wildman–Crippen MR) is 44.2 cm³/mol. The van der Waals surface area contributed by atoms with Crippen LogP contribution in [0.4, 0.5) is 3.89 Å². The standard InChI is InChI=1S/C8H7FS/c9-10-7-6-8-4-2-1-3-5-8/h1-7H. The van der Waals surface area contributed by atoms with E-state index in [0.717, 1.165) is 5.56 Å². The smallest absolute Gasteiger partial charge is 0.0732 e. The fourth-order valence-corrected chi connectivity index (χ4v) is 0.877. The largest absolute Gasteiger partial charge is 0.160 e. The van der Waals surface area contributed by atoms with Crippen molar-refractivity contribution in [1.29, 1.82) is 0 Å². The number of hydrogen-bond acceptors (Lipinski definition) is 1. The Morgan fingerprint density at radius 3 is 2.50 bits per heavy atom. The molecule has 0 heterocycles. The summed E-state index contributed by atoms with van der Waals surface area (Å²) in [6, 6.07) is 9.62. The van der Waals surface area contributed by atoms with Gasteiger partial charge in [0, 0.05) is 5.41 Å². The maximum atomic E-state index is 11.5. The van der Waals surface area contributed by atoms with Gasteiger partial charge in [-0.15, -0.1) is 0 Å². The highest BCUT2D eigenvalue weighted by Crippen LogP contribution is 2.07. The number of benzene rings is 1. The molecule has 0 N–H and O–H groups in total. The summed E-state index contributed by atoms with van der Waals surface area (Å²) in [6.45, 7) is 0. The second kappa shape index (κ2) is 4.12. The van der Waals surface area contributed by atoms with E-state index < -0.39 is 0 Å². The van der Waals surface area contributed by atoms with E-state index in [0.29, 0.717) is 0 Å². The molecule has 0 aromatic heterocycles. The third-order valence-electron chi connectivity index (χ3n) is 1.11. The van der Waals surface area contributed by atoms with E-state index in [2.05, 4.69) is 0 Å². The average molecular weight is 154 g/mol. The molecule has 0 radical (unpaired) electrons. The van der Waals surface area contributed by atoms with Crippen LogP contribution in [-0.2, 0) is 0 Å². The van der Waals surface area contributed by atoms with Crippen LogP contribution < -0.4 is 0 Å². The van der Waals surface area contributed by atoms with Crippen LogP contribution in [0.5, 0.6) is 0 Å². The lowest BCUT2D eigenvalue weighted by molar-refractivity contribution is 0.947. The van der Waals surface area contributed by atoms with Crippen LogP contribution in [0.2, 0.25) is 0 Å². The van der Waals surface area contributed by atoms with Gasteiger partial charge in [0.15, 0.2) is 0 Å². The van der Waals surface area contributed by atoms with Crippen LogP contribution >= 0.6 is 12.1 Å². The van der Waals surface area contributed by atoms with Crippen molar-refractivity contribution >= 4 is 18.2 Å². The van der Waals surface area contributed by atoms with Crippen molar-refractivity contribution in [3.05, 3.63) is 41.3 Å². The molecule has 0 fully saturated rings. The number of halogens is 1. The molecule has 0 saturated heterocycles. The molecule has 0 saturated carbocycles. The van der Waals surface area contributed by atoms with Gasteiger partial charge in [0.25, 0.3) is 0 Å². The van der Waals surface area contributed by atoms with Crippen molar-refractivity contribution < 1.29 is 3.89 Å². The topological polar surface area (TPSA) is 0 Å². The van der Waals surface area contributed by atoms with Crippen molar-refractivity contribution in [2.45, 2.75) is 0 Å². The molecule has 1 rings (SSSR count). The summed E-state index contributed by atoms with van der Waals surface area (Å²) in [7, 11) is 0. The molecule has 0 unspecified atom stereocenters. The van der Waals surface area contributed by atoms with E-state index in [9.17, 15) is 3.89 Å². The molecule has 52 valence electrons. The Morgan fingerprint density at radius 2 is 1.90 bits per heavy atom. The molecular formula is C8H7FS. The van der Waals surface area contributed by atoms with Gasteiger partial charge < -0.3 is 0 Å². The van der Waals surface area contributed by atoms with Crippen LogP contribution in [-0.4, -0.2) is 0 Å². The van der Waals surface area contributed by atoms with Gasteiger partial charge in [0.1, 0.15) is 0 Å². The van der Waals surface area contributed by atoms with Gasteiger partial charge in [0.2, 0.25) is 0 Å². The first-order valence-corrected chi connectivity index (χ1v) is 3.70. The highest BCUT2D eigenvalue weighted by atomic mass is 32.2. The summed E-state index contributed by atoms with van der Waals surface area (Å²) in [6.07, 6.45) is 1.73. The molecule has 0 aliphatic rings. The molecule has 1 aromatic carbocycles. The minimum atomic E-state index is 0.216. The molecule has 0 amide bonds. The zero-order valence-electron chi connectivity index (χ0n) is 5.33. The molecule has 0 spiro atoms. The Hall–Kier alpha value is -0.760. The Morgan fingerprint density at radius 1 is 1.20 bits per heavy atom. The SMILES string of the molecule is FSC=Cc1ccccc1. The third kappa shape index (κ3) is 2.23. The second-order valence-electron chi connectivity index (χ2n) is 1.80. The minimum Gasteiger partial charge on any atom is -0.160 e. The predicted octanol–water partition coefficient (Wildman–Crippen LogP) is 3.28. The summed E-state index contributed by atoms with van der Waals surface area (Å²) in [5, 5.41) is 1.41. The quantitative estimate of drug-likeness (QED) is 0.630. The zero-order valence-corrected chi connectivity index (χ0v) is 6.14. The average Bonchev–Trinajstić information content (AvgIpc) is 2.03. The third-order valence-corrected chi connectivity index (χ3v) is 1.35. The summed E-state index contributed by atoms with van der Waals surface area (Å²) < 4.78 is 11.5. The van der Waals surface area contributed by atoms with Crippen LogP contribution in [0, 0.1) is 0 Å². The van der Waals surface area contributed by atoms with E-state index >= 15 is 0 Å². The molecular weight excluding hydrogens is 147 g/mol. The van der Waals surface area contributed by atoms with Gasteiger partial charge in [-0.1, -0.05) is 30.3 Å². The van der Waals surface area contributed by atoms with Crippen LogP contribution in [0.15, 0.2) is 35.7 Å². The van der Waals surface area contributed by atoms with Crippen LogP contribution in [0.3, 0.4) is 0 Å². The zero-order chi connectivity index (χ0) is 7.23. The first kappa shape index (κ1) is 7.35. The molecule has 0 aliphatic carbocycles. The molecule has 1 aromatic rings. The molecule has 0 aliphatic heterocycles. The van der Waals surface area contributed by atoms with Crippen molar-refractivity contribution in [2.24, 2.45) is 0 Å². The summed E-state index contributed by atoms with van der Waals surface area (Å²) >= 11 is 0.216. The Kier molecular flexibility index (Phi) is 3.03. The first-order chi connectivity index (χ1) is 4.93. The summed E-state index contributed by atoms with van der Waals surface area (Å²) in [5.74, 6) is 0. The van der Waals surface area contributed by atoms with Crippen molar-refractivity contribution in [2.75, 3.05) is 0 Å². The van der Waals surface area contributed by atoms with E-state index in [-0.39, 0.29) is 12.1 Å². The van der Waals surface area contributed by atoms with Crippen LogP contribution in [0.25, 0.3) is 6.08 Å². The molecule has 10 heavy (non-hydrogen) atoms. The van der Waals surface area contributed by atoms with Gasteiger partial charge in [-0.25, -0.2) is 0 Å². The van der Waals surface area contributed by atoms with Gasteiger partial charge in [-0.05, 0) is 11.6 Å². The fourth-order valence-electron chi connectivity index (χ4n) is 0.668. The first-order valence-electron chi connectivity index (χ1n) is 2.92. The minimum absolute atomic E-state index is 0.216. The number of rotatable bonds is 2. The van der Waals surface area contributed by atoms with E-state index in [4.69, 9.17) is 0 Å². The number of hydrogen-bond donors (Lipinski definition) is 0.